The van der Waals surface area contributed by atoms with Crippen LogP contribution in [0.5, 0.6) is 0 Å². The van der Waals surface area contributed by atoms with Crippen molar-refractivity contribution in [1.82, 2.24) is 10.3 Å². The fourth-order valence-electron chi connectivity index (χ4n) is 6.53. The maximum Gasteiger partial charge on any atom is 0.407 e. The van der Waals surface area contributed by atoms with E-state index in [9.17, 15) is 9.90 Å². The Balaban J connectivity index is 1.13. The molecule has 4 atom stereocenters. The first-order valence-electron chi connectivity index (χ1n) is 18.0. The van der Waals surface area contributed by atoms with Gasteiger partial charge in [0, 0.05) is 34.9 Å². The molecule has 0 spiro atoms. The summed E-state index contributed by atoms with van der Waals surface area (Å²) in [5.41, 5.74) is 8.45. The maximum atomic E-state index is 12.1. The minimum absolute atomic E-state index is 0.0114. The van der Waals surface area contributed by atoms with Crippen LogP contribution in [0.15, 0.2) is 156 Å². The third kappa shape index (κ3) is 8.67. The molecule has 0 bridgehead atoms. The smallest absolute Gasteiger partial charge is 0.407 e. The van der Waals surface area contributed by atoms with Crippen molar-refractivity contribution in [3.05, 3.63) is 168 Å². The Morgan fingerprint density at radius 1 is 0.833 bits per heavy atom. The van der Waals surface area contributed by atoms with E-state index >= 15 is 0 Å². The third-order valence-corrected chi connectivity index (χ3v) is 10.4. The number of thioether (sulfide) groups is 1. The molecule has 0 aliphatic carbocycles. The van der Waals surface area contributed by atoms with Gasteiger partial charge in [0.15, 0.2) is 12.1 Å². The van der Waals surface area contributed by atoms with Gasteiger partial charge in [0.2, 0.25) is 0 Å². The van der Waals surface area contributed by atoms with Crippen molar-refractivity contribution in [2.75, 3.05) is 12.4 Å². The Labute approximate surface area is 319 Å². The number of nitrogens with zero attached hydrogens (tertiary/aromatic N) is 1. The van der Waals surface area contributed by atoms with Crippen LogP contribution in [0.4, 0.5) is 4.79 Å². The van der Waals surface area contributed by atoms with Gasteiger partial charge in [0.1, 0.15) is 12.3 Å². The van der Waals surface area contributed by atoms with Crippen LogP contribution in [0, 0.1) is 5.92 Å². The molecule has 1 saturated heterocycles. The number of nitrogens with one attached hydrogen (secondary N) is 1. The predicted octanol–water partition coefficient (Wildman–Crippen LogP) is 10.2. The molecule has 0 unspecified atom stereocenters. The largest absolute Gasteiger partial charge is 0.445 e. The molecule has 1 fully saturated rings. The molecule has 1 aromatic heterocycles. The van der Waals surface area contributed by atoms with Crippen molar-refractivity contribution >= 4 is 17.9 Å². The zero-order valence-electron chi connectivity index (χ0n) is 30.0. The summed E-state index contributed by atoms with van der Waals surface area (Å²) < 4.78 is 25.0. The lowest BCUT2D eigenvalue weighted by molar-refractivity contribution is -0.268. The van der Waals surface area contributed by atoms with Crippen LogP contribution in [0.1, 0.15) is 41.6 Å². The molecule has 2 N–H and O–H groups in total. The first-order valence-corrected chi connectivity index (χ1v) is 18.9. The number of rotatable bonds is 13. The Kier molecular flexibility index (Phi) is 12.0. The zero-order valence-corrected chi connectivity index (χ0v) is 30.8. The molecule has 274 valence electrons. The van der Waals surface area contributed by atoms with E-state index in [-0.39, 0.29) is 31.3 Å². The lowest BCUT2D eigenvalue weighted by Crippen LogP contribution is -2.38. The molecule has 1 aliphatic rings. The lowest BCUT2D eigenvalue weighted by atomic mass is 9.91. The van der Waals surface area contributed by atoms with Crippen LogP contribution in [0.25, 0.3) is 33.7 Å². The van der Waals surface area contributed by atoms with E-state index in [0.717, 1.165) is 56.0 Å². The quantitative estimate of drug-likeness (QED) is 0.0892. The SMILES string of the molecule is C=CCOC(=O)NCc1ccccc1-c1ccc([C@@H]2O[C@H](CSc3nc(-c4ccccc4)c(-c4ccccc4)o3)[C@H](C)[C@H](c3ccc(CO)cc3)O2)cc1. The van der Waals surface area contributed by atoms with Crippen LogP contribution in [0.3, 0.4) is 0 Å². The highest BCUT2D eigenvalue weighted by molar-refractivity contribution is 7.99. The average Bonchev–Trinajstić information content (AvgIpc) is 3.67. The van der Waals surface area contributed by atoms with Crippen molar-refractivity contribution in [3.63, 3.8) is 0 Å². The van der Waals surface area contributed by atoms with Gasteiger partial charge in [-0.3, -0.25) is 0 Å². The second-order valence-corrected chi connectivity index (χ2v) is 14.0. The van der Waals surface area contributed by atoms with Crippen molar-refractivity contribution in [3.8, 4) is 33.7 Å². The van der Waals surface area contributed by atoms with Gasteiger partial charge in [-0.25, -0.2) is 9.78 Å². The van der Waals surface area contributed by atoms with Crippen molar-refractivity contribution in [2.24, 2.45) is 5.92 Å². The number of amides is 1. The number of carbonyl (C=O) groups excluding carboxylic acids is 1. The molecule has 54 heavy (non-hydrogen) atoms. The van der Waals surface area contributed by atoms with Crippen molar-refractivity contribution < 1.29 is 28.5 Å². The Morgan fingerprint density at radius 2 is 1.50 bits per heavy atom. The number of benzene rings is 5. The van der Waals surface area contributed by atoms with Gasteiger partial charge in [-0.05, 0) is 27.8 Å². The number of aliphatic hydroxyl groups excluding tert-OH is 1. The molecule has 0 saturated carbocycles. The summed E-state index contributed by atoms with van der Waals surface area (Å²) in [6.45, 7) is 6.18. The van der Waals surface area contributed by atoms with E-state index < -0.39 is 12.4 Å². The number of aromatic nitrogens is 1. The molecule has 6 aromatic rings. The first-order chi connectivity index (χ1) is 26.5. The average molecular weight is 739 g/mol. The van der Waals surface area contributed by atoms with Crippen molar-refractivity contribution in [1.29, 1.82) is 0 Å². The van der Waals surface area contributed by atoms with Crippen LogP contribution in [0.2, 0.25) is 0 Å². The number of oxazole rings is 1. The molecule has 8 nitrogen and oxygen atoms in total. The summed E-state index contributed by atoms with van der Waals surface area (Å²) in [5, 5.41) is 13.1. The van der Waals surface area contributed by atoms with Gasteiger partial charge in [-0.1, -0.05) is 165 Å². The Hall–Kier alpha value is -5.45. The molecule has 9 heteroatoms. The fourth-order valence-corrected chi connectivity index (χ4v) is 7.52. The number of aliphatic hydroxyl groups is 1. The molecule has 5 aromatic carbocycles. The number of carbonyl (C=O) groups is 1. The number of ether oxygens (including phenoxy) is 3. The number of hydrogen-bond donors (Lipinski definition) is 2. The minimum Gasteiger partial charge on any atom is -0.445 e. The standard InChI is InChI=1S/C45H42N2O6S/c1-3-26-50-44(49)46-27-37-16-10-11-17-38(37)32-22-24-36(25-23-32)43-51-39(30(2)41(52-43)35-20-18-31(28-48)19-21-35)29-54-45-47-40(33-12-6-4-7-13-33)42(53-45)34-14-8-5-9-15-34/h3-25,30,39,41,43,48H,1,26-29H2,2H3,(H,46,49)/t30-,39+,41+,43+/m0/s1. The summed E-state index contributed by atoms with van der Waals surface area (Å²) in [5.74, 6) is 1.31. The highest BCUT2D eigenvalue weighted by Crippen LogP contribution is 2.44. The molecule has 7 rings (SSSR count). The third-order valence-electron chi connectivity index (χ3n) is 9.45. The van der Waals surface area contributed by atoms with Gasteiger partial charge in [0.25, 0.3) is 5.22 Å². The Bertz CT molecular complexity index is 2080. The summed E-state index contributed by atoms with van der Waals surface area (Å²) >= 11 is 1.53. The summed E-state index contributed by atoms with van der Waals surface area (Å²) in [4.78, 5) is 17.1. The van der Waals surface area contributed by atoms with Gasteiger partial charge in [-0.2, -0.15) is 0 Å². The summed E-state index contributed by atoms with van der Waals surface area (Å²) in [7, 11) is 0. The zero-order chi connectivity index (χ0) is 37.3. The molecule has 1 aliphatic heterocycles. The van der Waals surface area contributed by atoms with Crippen LogP contribution in [-0.2, 0) is 27.4 Å². The van der Waals surface area contributed by atoms with Crippen LogP contribution < -0.4 is 5.32 Å². The highest BCUT2D eigenvalue weighted by Gasteiger charge is 2.38. The van der Waals surface area contributed by atoms with Gasteiger partial charge >= 0.3 is 6.09 Å². The summed E-state index contributed by atoms with van der Waals surface area (Å²) in [6, 6.07) is 44.1. The second kappa shape index (κ2) is 17.6. The fraction of sp³-hybridized carbons (Fsp3) is 0.200. The first kappa shape index (κ1) is 36.9. The molecule has 1 amide bonds. The topological polar surface area (TPSA) is 103 Å². The highest BCUT2D eigenvalue weighted by atomic mass is 32.2. The van der Waals surface area contributed by atoms with Gasteiger partial charge in [0.05, 0.1) is 18.8 Å². The van der Waals surface area contributed by atoms with Crippen LogP contribution in [-0.4, -0.2) is 34.6 Å². The lowest BCUT2D eigenvalue weighted by Gasteiger charge is -2.41. The van der Waals surface area contributed by atoms with E-state index in [4.69, 9.17) is 23.6 Å². The molecular weight excluding hydrogens is 697 g/mol. The summed E-state index contributed by atoms with van der Waals surface area (Å²) in [6.07, 6.45) is -0.0745. The molecule has 0 radical (unpaired) electrons. The number of alkyl carbamates (subject to hydrolysis) is 1. The van der Waals surface area contributed by atoms with E-state index in [2.05, 4.69) is 18.8 Å². The number of hydrogen-bond acceptors (Lipinski definition) is 8. The monoisotopic (exact) mass is 738 g/mol. The van der Waals surface area contributed by atoms with Gasteiger partial charge in [-0.15, -0.1) is 0 Å². The second-order valence-electron chi connectivity index (χ2n) is 13.0. The normalized spacial score (nSPS) is 18.2. The van der Waals surface area contributed by atoms with E-state index in [1.165, 1.54) is 17.8 Å². The van der Waals surface area contributed by atoms with E-state index in [1.54, 1.807) is 0 Å². The Morgan fingerprint density at radius 3 is 2.20 bits per heavy atom. The van der Waals surface area contributed by atoms with Gasteiger partial charge < -0.3 is 29.1 Å². The predicted molar refractivity (Wildman–Crippen MR) is 211 cm³/mol. The van der Waals surface area contributed by atoms with Crippen LogP contribution >= 0.6 is 11.8 Å². The van der Waals surface area contributed by atoms with E-state index in [1.807, 2.05) is 133 Å². The molecular formula is C45H42N2O6S. The molecule has 2 heterocycles. The van der Waals surface area contributed by atoms with Crippen molar-refractivity contribution in [2.45, 2.75) is 43.8 Å². The maximum absolute atomic E-state index is 12.1. The van der Waals surface area contributed by atoms with E-state index in [0.29, 0.717) is 17.5 Å². The minimum atomic E-state index is -0.635.